The average Bonchev–Trinajstić information content (AvgIpc) is 2.47. The minimum Gasteiger partial charge on any atom is -0.463 e. The van der Waals surface area contributed by atoms with E-state index in [9.17, 15) is 4.79 Å². The molecule has 0 fully saturated rings. The number of carbonyl (C=O) groups is 1. The third-order valence-corrected chi connectivity index (χ3v) is 2.79. The fourth-order valence-corrected chi connectivity index (χ4v) is 1.77. The van der Waals surface area contributed by atoms with Crippen LogP contribution in [0.2, 0.25) is 0 Å². The van der Waals surface area contributed by atoms with Gasteiger partial charge in [-0.3, -0.25) is 0 Å². The van der Waals surface area contributed by atoms with Gasteiger partial charge in [0.2, 0.25) is 0 Å². The lowest BCUT2D eigenvalue weighted by Crippen LogP contribution is -1.98. The van der Waals surface area contributed by atoms with Crippen molar-refractivity contribution < 1.29 is 9.53 Å². The Kier molecular flexibility index (Phi) is 4.66. The van der Waals surface area contributed by atoms with Crippen molar-refractivity contribution in [3.05, 3.63) is 59.8 Å². The van der Waals surface area contributed by atoms with E-state index >= 15 is 0 Å². The van der Waals surface area contributed by atoms with E-state index in [2.05, 4.69) is 24.0 Å². The van der Waals surface area contributed by atoms with Gasteiger partial charge in [-0.2, -0.15) is 0 Å². The predicted octanol–water partition coefficient (Wildman–Crippen LogP) is 3.63. The van der Waals surface area contributed by atoms with Gasteiger partial charge in [0, 0.05) is 11.6 Å². The lowest BCUT2D eigenvalue weighted by atomic mass is 10.1. The van der Waals surface area contributed by atoms with Crippen molar-refractivity contribution in [1.29, 1.82) is 0 Å². The van der Waals surface area contributed by atoms with Crippen LogP contribution in [-0.2, 0) is 9.53 Å². The molecular formula is C17H17NO2. The number of hydrogen-bond acceptors (Lipinski definition) is 3. The van der Waals surface area contributed by atoms with E-state index < -0.39 is 0 Å². The van der Waals surface area contributed by atoms with Crippen LogP contribution in [0.15, 0.2) is 48.5 Å². The van der Waals surface area contributed by atoms with Crippen LogP contribution in [0.25, 0.3) is 17.3 Å². The maximum Gasteiger partial charge on any atom is 0.330 e. The van der Waals surface area contributed by atoms with Crippen LogP contribution in [0.1, 0.15) is 18.2 Å². The number of pyridine rings is 1. The summed E-state index contributed by atoms with van der Waals surface area (Å²) in [5.41, 5.74) is 3.89. The first-order valence-electron chi connectivity index (χ1n) is 6.58. The normalized spacial score (nSPS) is 10.7. The summed E-state index contributed by atoms with van der Waals surface area (Å²) in [6.07, 6.45) is 3.06. The van der Waals surface area contributed by atoms with Gasteiger partial charge in [0.25, 0.3) is 0 Å². The minimum absolute atomic E-state index is 0.352. The summed E-state index contributed by atoms with van der Waals surface area (Å²) in [5, 5.41) is 0. The molecule has 1 aromatic heterocycles. The maximum absolute atomic E-state index is 11.3. The maximum atomic E-state index is 11.3. The molecule has 1 aromatic carbocycles. The molecule has 0 aliphatic carbocycles. The molecule has 0 unspecified atom stereocenters. The summed E-state index contributed by atoms with van der Waals surface area (Å²) >= 11 is 0. The van der Waals surface area contributed by atoms with Crippen molar-refractivity contribution in [3.8, 4) is 11.3 Å². The summed E-state index contributed by atoms with van der Waals surface area (Å²) in [7, 11) is 0. The molecule has 1 heterocycles. The highest BCUT2D eigenvalue weighted by Crippen LogP contribution is 2.18. The lowest BCUT2D eigenvalue weighted by Gasteiger charge is -2.02. The second-order valence-electron chi connectivity index (χ2n) is 4.40. The number of carbonyl (C=O) groups excluding carboxylic acids is 1. The third-order valence-electron chi connectivity index (χ3n) is 2.79. The van der Waals surface area contributed by atoms with Gasteiger partial charge < -0.3 is 4.74 Å². The Bertz CT molecular complexity index is 615. The number of ether oxygens (including phenoxy) is 1. The number of nitrogens with zero attached hydrogens (tertiary/aromatic N) is 1. The van der Waals surface area contributed by atoms with Gasteiger partial charge >= 0.3 is 5.97 Å². The standard InChI is InChI=1S/C17H17NO2/c1-3-20-17(19)12-11-15-5-4-6-16(18-15)14-9-7-13(2)8-10-14/h4-12H,3H2,1-2H3. The van der Waals surface area contributed by atoms with E-state index in [-0.39, 0.29) is 5.97 Å². The molecular weight excluding hydrogens is 250 g/mol. The van der Waals surface area contributed by atoms with E-state index in [1.807, 2.05) is 30.3 Å². The second kappa shape index (κ2) is 6.66. The minimum atomic E-state index is -0.352. The van der Waals surface area contributed by atoms with Gasteiger partial charge in [-0.25, -0.2) is 9.78 Å². The number of aromatic nitrogens is 1. The fourth-order valence-electron chi connectivity index (χ4n) is 1.77. The Balaban J connectivity index is 2.20. The van der Waals surface area contributed by atoms with Gasteiger partial charge in [-0.1, -0.05) is 35.9 Å². The molecule has 0 saturated carbocycles. The van der Waals surface area contributed by atoms with E-state index in [0.717, 1.165) is 17.0 Å². The van der Waals surface area contributed by atoms with Crippen molar-refractivity contribution in [3.63, 3.8) is 0 Å². The summed E-state index contributed by atoms with van der Waals surface area (Å²) < 4.78 is 4.84. The molecule has 0 spiro atoms. The number of benzene rings is 1. The summed E-state index contributed by atoms with van der Waals surface area (Å²) in [4.78, 5) is 15.8. The average molecular weight is 267 g/mol. The molecule has 3 heteroatoms. The number of hydrogen-bond donors (Lipinski definition) is 0. The molecule has 0 bridgehead atoms. The summed E-state index contributed by atoms with van der Waals surface area (Å²) in [5.74, 6) is -0.352. The number of esters is 1. The molecule has 0 saturated heterocycles. The first kappa shape index (κ1) is 14.0. The highest BCUT2D eigenvalue weighted by atomic mass is 16.5. The molecule has 2 rings (SSSR count). The van der Waals surface area contributed by atoms with Crippen LogP contribution in [0.3, 0.4) is 0 Å². The topological polar surface area (TPSA) is 39.2 Å². The van der Waals surface area contributed by atoms with Gasteiger partial charge in [0.1, 0.15) is 0 Å². The van der Waals surface area contributed by atoms with Crippen molar-refractivity contribution in [2.75, 3.05) is 6.61 Å². The Hall–Kier alpha value is -2.42. The summed E-state index contributed by atoms with van der Waals surface area (Å²) in [6, 6.07) is 13.9. The van der Waals surface area contributed by atoms with Crippen molar-refractivity contribution >= 4 is 12.0 Å². The van der Waals surface area contributed by atoms with Gasteiger partial charge in [-0.15, -0.1) is 0 Å². The Labute approximate surface area is 118 Å². The Morgan fingerprint density at radius 2 is 1.95 bits per heavy atom. The first-order valence-corrected chi connectivity index (χ1v) is 6.58. The van der Waals surface area contributed by atoms with Gasteiger partial charge in [0.05, 0.1) is 18.0 Å². The molecule has 0 N–H and O–H groups in total. The fraction of sp³-hybridized carbons (Fsp3) is 0.176. The summed E-state index contributed by atoms with van der Waals surface area (Å²) in [6.45, 7) is 4.21. The first-order chi connectivity index (χ1) is 9.69. The van der Waals surface area contributed by atoms with Crippen molar-refractivity contribution in [2.24, 2.45) is 0 Å². The smallest absolute Gasteiger partial charge is 0.330 e. The molecule has 3 nitrogen and oxygen atoms in total. The second-order valence-corrected chi connectivity index (χ2v) is 4.40. The zero-order valence-corrected chi connectivity index (χ0v) is 11.7. The van der Waals surface area contributed by atoms with Crippen LogP contribution in [0.4, 0.5) is 0 Å². The SMILES string of the molecule is CCOC(=O)C=Cc1cccc(-c2ccc(C)cc2)n1. The van der Waals surface area contributed by atoms with Crippen LogP contribution < -0.4 is 0 Å². The van der Waals surface area contributed by atoms with Crippen LogP contribution in [0.5, 0.6) is 0 Å². The zero-order valence-electron chi connectivity index (χ0n) is 11.7. The van der Waals surface area contributed by atoms with E-state index in [1.54, 1.807) is 13.0 Å². The molecule has 102 valence electrons. The van der Waals surface area contributed by atoms with Crippen LogP contribution in [0, 0.1) is 6.92 Å². The third kappa shape index (κ3) is 3.79. The quantitative estimate of drug-likeness (QED) is 0.627. The van der Waals surface area contributed by atoms with Gasteiger partial charge in [-0.05, 0) is 32.1 Å². The van der Waals surface area contributed by atoms with Crippen LogP contribution in [-0.4, -0.2) is 17.6 Å². The van der Waals surface area contributed by atoms with E-state index in [0.29, 0.717) is 6.61 Å². The Morgan fingerprint density at radius 3 is 2.65 bits per heavy atom. The van der Waals surface area contributed by atoms with E-state index in [1.165, 1.54) is 11.6 Å². The Morgan fingerprint density at radius 1 is 1.20 bits per heavy atom. The molecule has 0 amide bonds. The number of rotatable bonds is 4. The number of aryl methyl sites for hydroxylation is 1. The highest BCUT2D eigenvalue weighted by molar-refractivity contribution is 5.86. The largest absolute Gasteiger partial charge is 0.463 e. The molecule has 0 aliphatic heterocycles. The lowest BCUT2D eigenvalue weighted by molar-refractivity contribution is -0.137. The molecule has 0 aliphatic rings. The molecule has 0 atom stereocenters. The van der Waals surface area contributed by atoms with Crippen molar-refractivity contribution in [1.82, 2.24) is 4.98 Å². The predicted molar refractivity (Wildman–Crippen MR) is 80.1 cm³/mol. The van der Waals surface area contributed by atoms with Crippen LogP contribution >= 0.6 is 0 Å². The molecule has 2 aromatic rings. The monoisotopic (exact) mass is 267 g/mol. The van der Waals surface area contributed by atoms with Crippen molar-refractivity contribution in [2.45, 2.75) is 13.8 Å². The highest BCUT2D eigenvalue weighted by Gasteiger charge is 2.00. The molecule has 20 heavy (non-hydrogen) atoms. The van der Waals surface area contributed by atoms with Gasteiger partial charge in [0.15, 0.2) is 0 Å². The zero-order chi connectivity index (χ0) is 14.4. The van der Waals surface area contributed by atoms with E-state index in [4.69, 9.17) is 4.74 Å². The molecule has 0 radical (unpaired) electrons.